The molecular formula is C16H15ClN2O2. The number of hydrogen-bond acceptors (Lipinski definition) is 2. The van der Waals surface area contributed by atoms with Crippen molar-refractivity contribution in [1.82, 2.24) is 10.6 Å². The lowest BCUT2D eigenvalue weighted by molar-refractivity contribution is -0.139. The lowest BCUT2D eigenvalue weighted by Gasteiger charge is -2.07. The Morgan fingerprint density at radius 3 is 2.05 bits per heavy atom. The second-order valence-corrected chi connectivity index (χ2v) is 4.85. The lowest BCUT2D eigenvalue weighted by atomic mass is 10.2. The van der Waals surface area contributed by atoms with Gasteiger partial charge in [0.15, 0.2) is 0 Å². The Morgan fingerprint density at radius 2 is 1.38 bits per heavy atom. The van der Waals surface area contributed by atoms with Crippen molar-refractivity contribution < 1.29 is 9.59 Å². The predicted octanol–water partition coefficient (Wildman–Crippen LogP) is 2.27. The molecule has 0 radical (unpaired) electrons. The van der Waals surface area contributed by atoms with E-state index in [9.17, 15) is 9.59 Å². The van der Waals surface area contributed by atoms with Crippen LogP contribution < -0.4 is 10.6 Å². The number of carbonyl (C=O) groups excluding carboxylic acids is 2. The Bertz CT molecular complexity index is 629. The number of halogens is 1. The van der Waals surface area contributed by atoms with E-state index in [1.807, 2.05) is 36.4 Å². The topological polar surface area (TPSA) is 58.2 Å². The number of amides is 2. The van der Waals surface area contributed by atoms with Crippen LogP contribution >= 0.6 is 11.6 Å². The van der Waals surface area contributed by atoms with E-state index in [1.165, 1.54) is 0 Å². The first-order valence-electron chi connectivity index (χ1n) is 6.50. The van der Waals surface area contributed by atoms with Gasteiger partial charge >= 0.3 is 11.8 Å². The van der Waals surface area contributed by atoms with Crippen LogP contribution in [0.25, 0.3) is 0 Å². The van der Waals surface area contributed by atoms with Gasteiger partial charge in [-0.3, -0.25) is 9.59 Å². The summed E-state index contributed by atoms with van der Waals surface area (Å²) in [6, 6.07) is 16.6. The standard InChI is InChI=1S/C16H15ClN2O2/c17-14-9-5-4-8-13(14)11-19-16(21)15(20)18-10-12-6-2-1-3-7-12/h1-9H,10-11H2,(H,18,20)(H,19,21). The van der Waals surface area contributed by atoms with Crippen LogP contribution in [-0.2, 0) is 22.7 Å². The van der Waals surface area contributed by atoms with Crippen LogP contribution in [0.3, 0.4) is 0 Å². The summed E-state index contributed by atoms with van der Waals surface area (Å²) in [6.07, 6.45) is 0. The van der Waals surface area contributed by atoms with Crippen molar-refractivity contribution in [3.05, 3.63) is 70.7 Å². The molecule has 0 bridgehead atoms. The number of carbonyl (C=O) groups is 2. The Labute approximate surface area is 128 Å². The number of nitrogens with one attached hydrogen (secondary N) is 2. The Balaban J connectivity index is 1.80. The molecule has 4 nitrogen and oxygen atoms in total. The first-order valence-corrected chi connectivity index (χ1v) is 6.88. The molecule has 2 rings (SSSR count). The molecule has 0 aliphatic carbocycles. The minimum absolute atomic E-state index is 0.220. The normalized spacial score (nSPS) is 9.95. The number of benzene rings is 2. The highest BCUT2D eigenvalue weighted by Crippen LogP contribution is 2.14. The van der Waals surface area contributed by atoms with E-state index in [0.717, 1.165) is 11.1 Å². The van der Waals surface area contributed by atoms with E-state index in [4.69, 9.17) is 11.6 Å². The highest BCUT2D eigenvalue weighted by atomic mass is 35.5. The van der Waals surface area contributed by atoms with Gasteiger partial charge < -0.3 is 10.6 Å². The molecule has 0 saturated heterocycles. The highest BCUT2D eigenvalue weighted by Gasteiger charge is 2.12. The number of rotatable bonds is 4. The average molecular weight is 303 g/mol. The van der Waals surface area contributed by atoms with Crippen molar-refractivity contribution in [2.45, 2.75) is 13.1 Å². The number of hydrogen-bond donors (Lipinski definition) is 2. The van der Waals surface area contributed by atoms with Gasteiger partial charge in [0.25, 0.3) is 0 Å². The summed E-state index contributed by atoms with van der Waals surface area (Å²) in [7, 11) is 0. The largest absolute Gasteiger partial charge is 0.344 e. The van der Waals surface area contributed by atoms with E-state index in [-0.39, 0.29) is 6.54 Å². The van der Waals surface area contributed by atoms with E-state index < -0.39 is 11.8 Å². The first-order chi connectivity index (χ1) is 10.2. The van der Waals surface area contributed by atoms with Gasteiger partial charge in [0.2, 0.25) is 0 Å². The van der Waals surface area contributed by atoms with Crippen molar-refractivity contribution in [2.75, 3.05) is 0 Å². The van der Waals surface area contributed by atoms with E-state index >= 15 is 0 Å². The molecule has 108 valence electrons. The Morgan fingerprint density at radius 1 is 0.810 bits per heavy atom. The van der Waals surface area contributed by atoms with Gasteiger partial charge in [-0.05, 0) is 17.2 Å². The zero-order chi connectivity index (χ0) is 15.1. The fraction of sp³-hybridized carbons (Fsp3) is 0.125. The van der Waals surface area contributed by atoms with Crippen LogP contribution in [0.1, 0.15) is 11.1 Å². The minimum Gasteiger partial charge on any atom is -0.344 e. The van der Waals surface area contributed by atoms with Gasteiger partial charge in [0.05, 0.1) is 0 Å². The van der Waals surface area contributed by atoms with Crippen molar-refractivity contribution in [2.24, 2.45) is 0 Å². The Hall–Kier alpha value is -2.33. The molecular weight excluding hydrogens is 288 g/mol. The average Bonchev–Trinajstić information content (AvgIpc) is 2.52. The molecule has 2 amide bonds. The van der Waals surface area contributed by atoms with Crippen LogP contribution in [0.5, 0.6) is 0 Å². The zero-order valence-electron chi connectivity index (χ0n) is 11.3. The maximum absolute atomic E-state index is 11.7. The van der Waals surface area contributed by atoms with Gasteiger partial charge in [0.1, 0.15) is 0 Å². The van der Waals surface area contributed by atoms with Crippen LogP contribution in [0.2, 0.25) is 5.02 Å². The summed E-state index contributed by atoms with van der Waals surface area (Å²) in [5.74, 6) is -1.34. The van der Waals surface area contributed by atoms with Crippen molar-refractivity contribution in [3.63, 3.8) is 0 Å². The second-order valence-electron chi connectivity index (χ2n) is 4.44. The first kappa shape index (κ1) is 15.1. The molecule has 0 aliphatic heterocycles. The maximum atomic E-state index is 11.7. The molecule has 0 saturated carbocycles. The van der Waals surface area contributed by atoms with E-state index in [2.05, 4.69) is 10.6 Å². The van der Waals surface area contributed by atoms with E-state index in [0.29, 0.717) is 11.6 Å². The molecule has 0 heterocycles. The fourth-order valence-electron chi connectivity index (χ4n) is 1.76. The fourth-order valence-corrected chi connectivity index (χ4v) is 1.96. The van der Waals surface area contributed by atoms with Crippen LogP contribution in [0, 0.1) is 0 Å². The molecule has 0 unspecified atom stereocenters. The van der Waals surface area contributed by atoms with Crippen molar-refractivity contribution in [1.29, 1.82) is 0 Å². The summed E-state index contributed by atoms with van der Waals surface area (Å²) < 4.78 is 0. The molecule has 2 N–H and O–H groups in total. The monoisotopic (exact) mass is 302 g/mol. The molecule has 2 aromatic rings. The van der Waals surface area contributed by atoms with Crippen molar-refractivity contribution >= 4 is 23.4 Å². The van der Waals surface area contributed by atoms with Crippen LogP contribution in [0.4, 0.5) is 0 Å². The van der Waals surface area contributed by atoms with E-state index in [1.54, 1.807) is 18.2 Å². The zero-order valence-corrected chi connectivity index (χ0v) is 12.1. The predicted molar refractivity (Wildman–Crippen MR) is 81.6 cm³/mol. The lowest BCUT2D eigenvalue weighted by Crippen LogP contribution is -2.39. The molecule has 0 aromatic heterocycles. The van der Waals surface area contributed by atoms with Gasteiger partial charge in [-0.15, -0.1) is 0 Å². The van der Waals surface area contributed by atoms with Gasteiger partial charge in [-0.1, -0.05) is 60.1 Å². The minimum atomic E-state index is -0.675. The maximum Gasteiger partial charge on any atom is 0.309 e. The quantitative estimate of drug-likeness (QED) is 0.851. The summed E-state index contributed by atoms with van der Waals surface area (Å²) in [6.45, 7) is 0.538. The smallest absolute Gasteiger partial charge is 0.309 e. The molecule has 0 spiro atoms. The third kappa shape index (κ3) is 4.61. The third-order valence-electron chi connectivity index (χ3n) is 2.90. The molecule has 2 aromatic carbocycles. The highest BCUT2D eigenvalue weighted by molar-refractivity contribution is 6.35. The van der Waals surface area contributed by atoms with Gasteiger partial charge in [-0.2, -0.15) is 0 Å². The van der Waals surface area contributed by atoms with Crippen LogP contribution in [-0.4, -0.2) is 11.8 Å². The molecule has 21 heavy (non-hydrogen) atoms. The molecule has 5 heteroatoms. The summed E-state index contributed by atoms with van der Waals surface area (Å²) >= 11 is 5.98. The molecule has 0 fully saturated rings. The Kier molecular flexibility index (Phi) is 5.35. The van der Waals surface area contributed by atoms with Crippen LogP contribution in [0.15, 0.2) is 54.6 Å². The summed E-state index contributed by atoms with van der Waals surface area (Å²) in [4.78, 5) is 23.3. The summed E-state index contributed by atoms with van der Waals surface area (Å²) in [5.41, 5.74) is 1.70. The van der Waals surface area contributed by atoms with Gasteiger partial charge in [0, 0.05) is 18.1 Å². The molecule has 0 aliphatic rings. The SMILES string of the molecule is O=C(NCc1ccccc1)C(=O)NCc1ccccc1Cl. The van der Waals surface area contributed by atoms with Crippen molar-refractivity contribution in [3.8, 4) is 0 Å². The van der Waals surface area contributed by atoms with Gasteiger partial charge in [-0.25, -0.2) is 0 Å². The third-order valence-corrected chi connectivity index (χ3v) is 3.27. The molecule has 0 atom stereocenters. The summed E-state index contributed by atoms with van der Waals surface area (Å²) in [5, 5.41) is 5.66. The second kappa shape index (κ2) is 7.45.